The van der Waals surface area contributed by atoms with Crippen molar-refractivity contribution >= 4 is 17.6 Å². The SMILES string of the molecule is CNc1cc(C2CC(=O)N(C)C2)nc(C2CCN(C(=O)CC3CCCC3)CC2)n1. The zero-order valence-electron chi connectivity index (χ0n) is 17.7. The van der Waals surface area contributed by atoms with Gasteiger partial charge < -0.3 is 15.1 Å². The first-order chi connectivity index (χ1) is 14.0. The van der Waals surface area contributed by atoms with Gasteiger partial charge in [-0.3, -0.25) is 9.59 Å². The monoisotopic (exact) mass is 399 g/mol. The molecule has 3 aliphatic rings. The van der Waals surface area contributed by atoms with Crippen molar-refractivity contribution in [3.05, 3.63) is 17.6 Å². The Morgan fingerprint density at radius 3 is 2.48 bits per heavy atom. The lowest BCUT2D eigenvalue weighted by molar-refractivity contribution is -0.133. The minimum Gasteiger partial charge on any atom is -0.373 e. The van der Waals surface area contributed by atoms with Crippen LogP contribution in [0.15, 0.2) is 6.07 Å². The second-order valence-electron chi connectivity index (χ2n) is 8.97. The lowest BCUT2D eigenvalue weighted by Crippen LogP contribution is -2.38. The zero-order valence-corrected chi connectivity index (χ0v) is 17.7. The Morgan fingerprint density at radius 1 is 1.14 bits per heavy atom. The standard InChI is InChI=1S/C22H33N5O2/c1-23-19-13-18(17-12-20(28)26(2)14-17)24-22(25-19)16-7-9-27(10-8-16)21(29)11-15-5-3-4-6-15/h13,15-17H,3-12,14H2,1-2H3,(H,23,24,25). The van der Waals surface area contributed by atoms with E-state index in [1.165, 1.54) is 25.7 Å². The number of hydrogen-bond donors (Lipinski definition) is 1. The molecule has 29 heavy (non-hydrogen) atoms. The summed E-state index contributed by atoms with van der Waals surface area (Å²) in [6.07, 6.45) is 8.06. The minimum atomic E-state index is 0.134. The number of aromatic nitrogens is 2. The molecule has 7 heteroatoms. The van der Waals surface area contributed by atoms with Crippen molar-refractivity contribution in [2.24, 2.45) is 5.92 Å². The van der Waals surface area contributed by atoms with Gasteiger partial charge in [-0.15, -0.1) is 0 Å². The fourth-order valence-electron chi connectivity index (χ4n) is 5.04. The maximum Gasteiger partial charge on any atom is 0.223 e. The van der Waals surface area contributed by atoms with Crippen molar-refractivity contribution < 1.29 is 9.59 Å². The van der Waals surface area contributed by atoms with E-state index in [0.717, 1.165) is 49.7 Å². The van der Waals surface area contributed by atoms with Gasteiger partial charge in [-0.25, -0.2) is 9.97 Å². The van der Waals surface area contributed by atoms with E-state index in [-0.39, 0.29) is 17.7 Å². The third-order valence-electron chi connectivity index (χ3n) is 6.93. The molecule has 3 heterocycles. The Labute approximate surface area is 173 Å². The predicted molar refractivity (Wildman–Crippen MR) is 112 cm³/mol. The average molecular weight is 400 g/mol. The number of rotatable bonds is 5. The van der Waals surface area contributed by atoms with Crippen LogP contribution >= 0.6 is 0 Å². The molecule has 1 atom stereocenters. The van der Waals surface area contributed by atoms with E-state index in [1.54, 1.807) is 4.90 Å². The van der Waals surface area contributed by atoms with Gasteiger partial charge in [0.25, 0.3) is 0 Å². The lowest BCUT2D eigenvalue weighted by atomic mass is 9.94. The van der Waals surface area contributed by atoms with Crippen molar-refractivity contribution in [3.8, 4) is 0 Å². The van der Waals surface area contributed by atoms with Crippen LogP contribution in [0.5, 0.6) is 0 Å². The van der Waals surface area contributed by atoms with E-state index in [0.29, 0.717) is 24.8 Å². The summed E-state index contributed by atoms with van der Waals surface area (Å²) in [6, 6.07) is 1.97. The smallest absolute Gasteiger partial charge is 0.223 e. The van der Waals surface area contributed by atoms with Gasteiger partial charge >= 0.3 is 0 Å². The van der Waals surface area contributed by atoms with E-state index in [1.807, 2.05) is 25.1 Å². The van der Waals surface area contributed by atoms with Crippen LogP contribution in [0.25, 0.3) is 0 Å². The Balaban J connectivity index is 1.40. The number of likely N-dealkylation sites (N-methyl/N-ethyl adjacent to an activating group) is 1. The molecule has 2 aliphatic heterocycles. The van der Waals surface area contributed by atoms with E-state index < -0.39 is 0 Å². The number of carbonyl (C=O) groups is 2. The molecule has 0 bridgehead atoms. The van der Waals surface area contributed by atoms with E-state index in [9.17, 15) is 9.59 Å². The molecule has 1 N–H and O–H groups in total. The first kappa shape index (κ1) is 20.1. The number of anilines is 1. The molecule has 2 amide bonds. The largest absolute Gasteiger partial charge is 0.373 e. The Kier molecular flexibility index (Phi) is 6.01. The van der Waals surface area contributed by atoms with E-state index in [4.69, 9.17) is 9.97 Å². The van der Waals surface area contributed by atoms with Gasteiger partial charge in [0.2, 0.25) is 11.8 Å². The number of piperidine rings is 1. The van der Waals surface area contributed by atoms with Crippen LogP contribution in [0, 0.1) is 5.92 Å². The number of amides is 2. The van der Waals surface area contributed by atoms with E-state index in [2.05, 4.69) is 5.32 Å². The second-order valence-corrected chi connectivity index (χ2v) is 8.97. The van der Waals surface area contributed by atoms with Crippen LogP contribution in [0.3, 0.4) is 0 Å². The van der Waals surface area contributed by atoms with Crippen LogP contribution in [0.2, 0.25) is 0 Å². The van der Waals surface area contributed by atoms with Crippen molar-refractivity contribution in [1.82, 2.24) is 19.8 Å². The highest BCUT2D eigenvalue weighted by Gasteiger charge is 2.32. The average Bonchev–Trinajstić information content (AvgIpc) is 3.37. The highest BCUT2D eigenvalue weighted by atomic mass is 16.2. The quantitative estimate of drug-likeness (QED) is 0.824. The predicted octanol–water partition coefficient (Wildman–Crippen LogP) is 2.75. The molecule has 0 radical (unpaired) electrons. The molecule has 158 valence electrons. The van der Waals surface area contributed by atoms with Gasteiger partial charge in [0.1, 0.15) is 11.6 Å². The van der Waals surface area contributed by atoms with Crippen LogP contribution < -0.4 is 5.32 Å². The van der Waals surface area contributed by atoms with Crippen molar-refractivity contribution in [1.29, 1.82) is 0 Å². The zero-order chi connectivity index (χ0) is 20.4. The van der Waals surface area contributed by atoms with Gasteiger partial charge in [0, 0.05) is 64.5 Å². The van der Waals surface area contributed by atoms with Gasteiger partial charge in [-0.05, 0) is 31.6 Å². The number of nitrogens with zero attached hydrogens (tertiary/aromatic N) is 4. The first-order valence-corrected chi connectivity index (χ1v) is 11.1. The highest BCUT2D eigenvalue weighted by Crippen LogP contribution is 2.32. The van der Waals surface area contributed by atoms with Crippen LogP contribution in [0.4, 0.5) is 5.82 Å². The Hall–Kier alpha value is -2.18. The van der Waals surface area contributed by atoms with Crippen molar-refractivity contribution in [2.45, 2.75) is 63.2 Å². The molecule has 1 aromatic rings. The van der Waals surface area contributed by atoms with Crippen molar-refractivity contribution in [3.63, 3.8) is 0 Å². The summed E-state index contributed by atoms with van der Waals surface area (Å²) in [5, 5.41) is 3.15. The molecule has 0 aromatic carbocycles. The molecule has 1 aliphatic carbocycles. The van der Waals surface area contributed by atoms with E-state index >= 15 is 0 Å². The number of carbonyl (C=O) groups excluding carboxylic acids is 2. The third kappa shape index (κ3) is 4.54. The topological polar surface area (TPSA) is 78.4 Å². The van der Waals surface area contributed by atoms with Crippen LogP contribution in [-0.4, -0.2) is 65.3 Å². The molecule has 0 spiro atoms. The van der Waals surface area contributed by atoms with Gasteiger partial charge in [-0.2, -0.15) is 0 Å². The summed E-state index contributed by atoms with van der Waals surface area (Å²) >= 11 is 0. The lowest BCUT2D eigenvalue weighted by Gasteiger charge is -2.32. The van der Waals surface area contributed by atoms with Gasteiger partial charge in [0.05, 0.1) is 5.69 Å². The second kappa shape index (κ2) is 8.67. The minimum absolute atomic E-state index is 0.134. The maximum atomic E-state index is 12.6. The van der Waals surface area contributed by atoms with Crippen LogP contribution in [-0.2, 0) is 9.59 Å². The fraction of sp³-hybridized carbons (Fsp3) is 0.727. The summed E-state index contributed by atoms with van der Waals surface area (Å²) in [7, 11) is 3.72. The number of nitrogens with one attached hydrogen (secondary N) is 1. The number of hydrogen-bond acceptors (Lipinski definition) is 5. The van der Waals surface area contributed by atoms with Gasteiger partial charge in [0.15, 0.2) is 0 Å². The highest BCUT2D eigenvalue weighted by molar-refractivity contribution is 5.79. The normalized spacial score (nSPS) is 23.8. The molecule has 3 fully saturated rings. The van der Waals surface area contributed by atoms with Crippen LogP contribution in [0.1, 0.15) is 74.7 Å². The molecule has 4 rings (SSSR count). The summed E-state index contributed by atoms with van der Waals surface area (Å²) in [5.74, 6) is 3.18. The molecule has 7 nitrogen and oxygen atoms in total. The summed E-state index contributed by atoms with van der Waals surface area (Å²) in [4.78, 5) is 38.0. The molecule has 1 unspecified atom stereocenters. The molecule has 2 saturated heterocycles. The molecular weight excluding hydrogens is 366 g/mol. The van der Waals surface area contributed by atoms with Gasteiger partial charge in [-0.1, -0.05) is 12.8 Å². The van der Waals surface area contributed by atoms with Crippen molar-refractivity contribution in [2.75, 3.05) is 39.0 Å². The Bertz CT molecular complexity index is 754. The third-order valence-corrected chi connectivity index (χ3v) is 6.93. The number of likely N-dealkylation sites (tertiary alicyclic amines) is 2. The summed E-state index contributed by atoms with van der Waals surface area (Å²) in [5.41, 5.74) is 0.955. The maximum absolute atomic E-state index is 12.6. The summed E-state index contributed by atoms with van der Waals surface area (Å²) in [6.45, 7) is 2.30. The molecule has 1 saturated carbocycles. The Morgan fingerprint density at radius 2 is 1.86 bits per heavy atom. The fourth-order valence-corrected chi connectivity index (χ4v) is 5.04. The molecular formula is C22H33N5O2. The first-order valence-electron chi connectivity index (χ1n) is 11.1. The molecule has 1 aromatic heterocycles. The summed E-state index contributed by atoms with van der Waals surface area (Å²) < 4.78 is 0.